The number of benzene rings is 1. The van der Waals surface area contributed by atoms with Crippen LogP contribution in [0.4, 0.5) is 0 Å². The Balaban J connectivity index is 3.07. The van der Waals surface area contributed by atoms with Crippen molar-refractivity contribution in [2.75, 3.05) is 0 Å². The third kappa shape index (κ3) is 1.76. The van der Waals surface area contributed by atoms with Crippen LogP contribution in [0.3, 0.4) is 0 Å². The van der Waals surface area contributed by atoms with E-state index in [2.05, 4.69) is 0 Å². The van der Waals surface area contributed by atoms with Gasteiger partial charge in [-0.2, -0.15) is 5.26 Å². The van der Waals surface area contributed by atoms with E-state index in [4.69, 9.17) is 22.6 Å². The van der Waals surface area contributed by atoms with Gasteiger partial charge in [-0.15, -0.1) is 0 Å². The molecule has 0 unspecified atom stereocenters. The normalized spacial score (nSPS) is 14.8. The summed E-state index contributed by atoms with van der Waals surface area (Å²) in [5.41, 5.74) is 5.53. The molecule has 1 aromatic rings. The molecule has 2 N–H and O–H groups in total. The molecule has 12 heavy (non-hydrogen) atoms. The molecular formula is C9H9ClN2. The Bertz CT molecular complexity index is 308. The Hall–Kier alpha value is -1.04. The fraction of sp³-hybridized carbons (Fsp3) is 0.222. The van der Waals surface area contributed by atoms with Crippen molar-refractivity contribution in [2.45, 2.75) is 12.5 Å². The smallest absolute Gasteiger partial charge is 0.126 e. The third-order valence-electron chi connectivity index (χ3n) is 1.68. The zero-order valence-electron chi connectivity index (χ0n) is 6.71. The molecule has 0 aliphatic carbocycles. The lowest BCUT2D eigenvalue weighted by Gasteiger charge is -2.15. The summed E-state index contributed by atoms with van der Waals surface area (Å²) in [5.74, 6) is 0. The van der Waals surface area contributed by atoms with Gasteiger partial charge >= 0.3 is 0 Å². The van der Waals surface area contributed by atoms with Gasteiger partial charge < -0.3 is 5.73 Å². The molecule has 0 spiro atoms. The van der Waals surface area contributed by atoms with Gasteiger partial charge in [0.05, 0.1) is 6.07 Å². The van der Waals surface area contributed by atoms with Gasteiger partial charge in [0.1, 0.15) is 5.54 Å². The number of nitrogens with two attached hydrogens (primary N) is 1. The Morgan fingerprint density at radius 3 is 2.33 bits per heavy atom. The highest BCUT2D eigenvalue weighted by atomic mass is 35.5. The van der Waals surface area contributed by atoms with Crippen LogP contribution in [0.15, 0.2) is 24.3 Å². The summed E-state index contributed by atoms with van der Waals surface area (Å²) in [6.45, 7) is 1.66. The van der Waals surface area contributed by atoms with Crippen LogP contribution in [-0.2, 0) is 5.54 Å². The van der Waals surface area contributed by atoms with E-state index in [9.17, 15) is 0 Å². The van der Waals surface area contributed by atoms with E-state index in [1.54, 1.807) is 31.2 Å². The minimum absolute atomic E-state index is 0.646. The van der Waals surface area contributed by atoms with Crippen molar-refractivity contribution in [2.24, 2.45) is 5.73 Å². The van der Waals surface area contributed by atoms with E-state index in [1.807, 2.05) is 6.07 Å². The van der Waals surface area contributed by atoms with Crippen LogP contribution in [-0.4, -0.2) is 0 Å². The van der Waals surface area contributed by atoms with E-state index in [0.29, 0.717) is 5.02 Å². The molecule has 0 bridgehead atoms. The van der Waals surface area contributed by atoms with Crippen molar-refractivity contribution in [3.63, 3.8) is 0 Å². The second-order valence-electron chi connectivity index (χ2n) is 2.82. The molecular weight excluding hydrogens is 172 g/mol. The summed E-state index contributed by atoms with van der Waals surface area (Å²) in [7, 11) is 0. The minimum Gasteiger partial charge on any atom is -0.310 e. The fourth-order valence-corrected chi connectivity index (χ4v) is 0.987. The van der Waals surface area contributed by atoms with Gasteiger partial charge in [0, 0.05) is 5.02 Å². The molecule has 0 amide bonds. The maximum absolute atomic E-state index is 8.71. The Labute approximate surface area is 76.6 Å². The van der Waals surface area contributed by atoms with Crippen LogP contribution in [0, 0.1) is 11.3 Å². The molecule has 0 heterocycles. The largest absolute Gasteiger partial charge is 0.310 e. The molecule has 62 valence electrons. The average Bonchev–Trinajstić information content (AvgIpc) is 2.05. The van der Waals surface area contributed by atoms with E-state index in [-0.39, 0.29) is 0 Å². The van der Waals surface area contributed by atoms with Crippen molar-refractivity contribution < 1.29 is 0 Å². The number of hydrogen-bond acceptors (Lipinski definition) is 2. The zero-order chi connectivity index (χ0) is 9.19. The predicted molar refractivity (Wildman–Crippen MR) is 48.6 cm³/mol. The summed E-state index contributed by atoms with van der Waals surface area (Å²) in [5, 5.41) is 9.35. The molecule has 1 rings (SSSR count). The van der Waals surface area contributed by atoms with Crippen molar-refractivity contribution in [3.05, 3.63) is 34.9 Å². The molecule has 1 aromatic carbocycles. The molecule has 0 saturated heterocycles. The second kappa shape index (κ2) is 3.14. The van der Waals surface area contributed by atoms with Gasteiger partial charge in [-0.3, -0.25) is 0 Å². The highest BCUT2D eigenvalue weighted by Gasteiger charge is 2.19. The molecule has 0 aromatic heterocycles. The molecule has 0 fully saturated rings. The molecule has 0 aliphatic heterocycles. The second-order valence-corrected chi connectivity index (χ2v) is 3.26. The first kappa shape index (κ1) is 9.05. The van der Waals surface area contributed by atoms with Crippen molar-refractivity contribution in [3.8, 4) is 6.07 Å². The number of hydrogen-bond donors (Lipinski definition) is 1. The van der Waals surface area contributed by atoms with Crippen LogP contribution >= 0.6 is 11.6 Å². The summed E-state index contributed by atoms with van der Waals surface area (Å²) in [4.78, 5) is 0. The maximum atomic E-state index is 8.71. The van der Waals surface area contributed by atoms with Gasteiger partial charge in [0.15, 0.2) is 0 Å². The van der Waals surface area contributed by atoms with Crippen LogP contribution in [0.2, 0.25) is 5.02 Å². The van der Waals surface area contributed by atoms with E-state index in [0.717, 1.165) is 5.56 Å². The quantitative estimate of drug-likeness (QED) is 0.719. The standard InChI is InChI=1S/C9H9ClN2/c1-9(12,6-11)7-2-4-8(10)5-3-7/h2-5H,12H2,1H3/t9-/m1/s1. The molecule has 2 nitrogen and oxygen atoms in total. The predicted octanol–water partition coefficient (Wildman–Crippen LogP) is 2.04. The summed E-state index contributed by atoms with van der Waals surface area (Å²) >= 11 is 5.68. The minimum atomic E-state index is -0.926. The Kier molecular flexibility index (Phi) is 2.37. The first-order valence-corrected chi connectivity index (χ1v) is 3.90. The first-order chi connectivity index (χ1) is 5.56. The third-order valence-corrected chi connectivity index (χ3v) is 1.93. The average molecular weight is 181 g/mol. The van der Waals surface area contributed by atoms with E-state index >= 15 is 0 Å². The number of nitriles is 1. The number of rotatable bonds is 1. The SMILES string of the molecule is C[C@@](N)(C#N)c1ccc(Cl)cc1. The van der Waals surface area contributed by atoms with Gasteiger partial charge in [-0.1, -0.05) is 23.7 Å². The Morgan fingerprint density at radius 2 is 1.92 bits per heavy atom. The van der Waals surface area contributed by atoms with E-state index < -0.39 is 5.54 Å². The van der Waals surface area contributed by atoms with Gasteiger partial charge in [0.2, 0.25) is 0 Å². The topological polar surface area (TPSA) is 49.8 Å². The van der Waals surface area contributed by atoms with Crippen LogP contribution in [0.1, 0.15) is 12.5 Å². The lowest BCUT2D eigenvalue weighted by Crippen LogP contribution is -2.30. The van der Waals surface area contributed by atoms with Crippen molar-refractivity contribution in [1.29, 1.82) is 5.26 Å². The highest BCUT2D eigenvalue weighted by Crippen LogP contribution is 2.18. The van der Waals surface area contributed by atoms with Gasteiger partial charge in [-0.25, -0.2) is 0 Å². The van der Waals surface area contributed by atoms with Crippen LogP contribution in [0.5, 0.6) is 0 Å². The molecule has 0 radical (unpaired) electrons. The van der Waals surface area contributed by atoms with Crippen molar-refractivity contribution in [1.82, 2.24) is 0 Å². The van der Waals surface area contributed by atoms with Crippen LogP contribution < -0.4 is 5.73 Å². The molecule has 1 atom stereocenters. The molecule has 0 aliphatic rings. The highest BCUT2D eigenvalue weighted by molar-refractivity contribution is 6.30. The summed E-state index contributed by atoms with van der Waals surface area (Å²) < 4.78 is 0. The van der Waals surface area contributed by atoms with Crippen molar-refractivity contribution >= 4 is 11.6 Å². The monoisotopic (exact) mass is 180 g/mol. The fourth-order valence-electron chi connectivity index (χ4n) is 0.861. The Morgan fingerprint density at radius 1 is 1.42 bits per heavy atom. The summed E-state index contributed by atoms with van der Waals surface area (Å²) in [6, 6.07) is 8.97. The van der Waals surface area contributed by atoms with Gasteiger partial charge in [-0.05, 0) is 24.6 Å². The number of nitrogens with zero attached hydrogens (tertiary/aromatic N) is 1. The first-order valence-electron chi connectivity index (χ1n) is 3.52. The molecule has 0 saturated carbocycles. The molecule has 3 heteroatoms. The van der Waals surface area contributed by atoms with Crippen LogP contribution in [0.25, 0.3) is 0 Å². The number of halogens is 1. The van der Waals surface area contributed by atoms with Gasteiger partial charge in [0.25, 0.3) is 0 Å². The summed E-state index contributed by atoms with van der Waals surface area (Å²) in [6.07, 6.45) is 0. The maximum Gasteiger partial charge on any atom is 0.126 e. The van der Waals surface area contributed by atoms with E-state index in [1.165, 1.54) is 0 Å². The lowest BCUT2D eigenvalue weighted by molar-refractivity contribution is 0.646. The lowest BCUT2D eigenvalue weighted by atomic mass is 9.95. The zero-order valence-corrected chi connectivity index (χ0v) is 7.47.